The topological polar surface area (TPSA) is 92.3 Å². The fraction of sp³-hybridized carbons (Fsp3) is 0.308. The van der Waals surface area contributed by atoms with Crippen molar-refractivity contribution in [1.29, 1.82) is 0 Å². The lowest BCUT2D eigenvalue weighted by Crippen LogP contribution is -2.52. The van der Waals surface area contributed by atoms with Crippen LogP contribution in [0.15, 0.2) is 65.7 Å². The van der Waals surface area contributed by atoms with Crippen LogP contribution in [0.3, 0.4) is 0 Å². The van der Waals surface area contributed by atoms with E-state index in [1.807, 2.05) is 37.8 Å². The van der Waals surface area contributed by atoms with Crippen molar-refractivity contribution >= 4 is 17.5 Å². The molecule has 2 aromatic carbocycles. The summed E-state index contributed by atoms with van der Waals surface area (Å²) in [7, 11) is 1.91. The fourth-order valence-electron chi connectivity index (χ4n) is 4.59. The van der Waals surface area contributed by atoms with E-state index in [1.165, 1.54) is 16.7 Å². The Bertz CT molecular complexity index is 1240. The molecule has 0 radical (unpaired) electrons. The average molecular weight is 442 g/mol. The van der Waals surface area contributed by atoms with Gasteiger partial charge in [0.05, 0.1) is 6.20 Å². The number of anilines is 1. The molecule has 2 aliphatic rings. The SMILES string of the molecule is CC(C)c1ccccc1C1(N)N=CC(c2cnn(C)c2)=C(Nc2ccc3c(c2)CNCC3)N1. The standard InChI is InChI=1S/C26H31N7/c1-17(2)22-6-4-5-7-24(22)26(27)29-15-23(20-14-30-33(3)16-20)25(32-26)31-21-9-8-18-10-11-28-13-19(18)12-21/h4-9,12,14-17,28,31-32H,10-11,13,27H2,1-3H3. The third-order valence-electron chi connectivity index (χ3n) is 6.35. The number of benzene rings is 2. The van der Waals surface area contributed by atoms with Crippen LogP contribution in [0.1, 0.15) is 47.6 Å². The first-order chi connectivity index (χ1) is 15.9. The normalized spacial score (nSPS) is 20.0. The molecule has 7 nitrogen and oxygen atoms in total. The summed E-state index contributed by atoms with van der Waals surface area (Å²) in [6, 6.07) is 14.8. The molecule has 0 amide bonds. The summed E-state index contributed by atoms with van der Waals surface area (Å²) in [5.74, 6) is 0.0552. The molecule has 5 N–H and O–H groups in total. The molecule has 0 fully saturated rings. The van der Waals surface area contributed by atoms with E-state index < -0.39 is 5.79 Å². The quantitative estimate of drug-likeness (QED) is 0.487. The molecule has 3 heterocycles. The average Bonchev–Trinajstić information content (AvgIpc) is 3.25. The van der Waals surface area contributed by atoms with Crippen LogP contribution in [0.5, 0.6) is 0 Å². The molecule has 5 rings (SSSR count). The number of rotatable bonds is 5. The second-order valence-electron chi connectivity index (χ2n) is 9.12. The number of aliphatic imine (C=N–C) groups is 1. The number of nitrogens with one attached hydrogen (secondary N) is 3. The highest BCUT2D eigenvalue weighted by Crippen LogP contribution is 2.32. The molecule has 170 valence electrons. The van der Waals surface area contributed by atoms with Crippen molar-refractivity contribution in [3.05, 3.63) is 88.5 Å². The number of nitrogens with two attached hydrogens (primary N) is 1. The molecular formula is C26H31N7. The molecule has 7 heteroatoms. The molecule has 0 saturated heterocycles. The zero-order valence-corrected chi connectivity index (χ0v) is 19.4. The maximum atomic E-state index is 6.91. The second-order valence-corrected chi connectivity index (χ2v) is 9.12. The zero-order chi connectivity index (χ0) is 23.0. The van der Waals surface area contributed by atoms with Crippen LogP contribution >= 0.6 is 0 Å². The van der Waals surface area contributed by atoms with Gasteiger partial charge < -0.3 is 16.0 Å². The number of hydrogen-bond acceptors (Lipinski definition) is 6. The predicted octanol–water partition coefficient (Wildman–Crippen LogP) is 3.41. The Balaban J connectivity index is 1.55. The molecular weight excluding hydrogens is 410 g/mol. The van der Waals surface area contributed by atoms with E-state index in [2.05, 4.69) is 65.2 Å². The number of allylic oxidation sites excluding steroid dienone is 1. The van der Waals surface area contributed by atoms with E-state index in [0.717, 1.165) is 47.7 Å². The van der Waals surface area contributed by atoms with Gasteiger partial charge in [-0.3, -0.25) is 10.4 Å². The number of aryl methyl sites for hydroxylation is 1. The van der Waals surface area contributed by atoms with Crippen LogP contribution in [-0.2, 0) is 25.8 Å². The van der Waals surface area contributed by atoms with Gasteiger partial charge in [-0.2, -0.15) is 5.10 Å². The van der Waals surface area contributed by atoms with Gasteiger partial charge in [-0.15, -0.1) is 0 Å². The summed E-state index contributed by atoms with van der Waals surface area (Å²) in [5, 5.41) is 14.9. The second kappa shape index (κ2) is 8.50. The minimum atomic E-state index is -1.08. The summed E-state index contributed by atoms with van der Waals surface area (Å²) >= 11 is 0. The van der Waals surface area contributed by atoms with Gasteiger partial charge in [0.2, 0.25) is 5.79 Å². The Kier molecular flexibility index (Phi) is 5.52. The van der Waals surface area contributed by atoms with Gasteiger partial charge in [0.25, 0.3) is 0 Å². The van der Waals surface area contributed by atoms with Crippen LogP contribution in [0.2, 0.25) is 0 Å². The first-order valence-corrected chi connectivity index (χ1v) is 11.5. The Labute approximate surface area is 194 Å². The van der Waals surface area contributed by atoms with Crippen molar-refractivity contribution in [2.75, 3.05) is 11.9 Å². The van der Waals surface area contributed by atoms with Crippen molar-refractivity contribution in [3.8, 4) is 0 Å². The highest BCUT2D eigenvalue weighted by Gasteiger charge is 2.34. The summed E-state index contributed by atoms with van der Waals surface area (Å²) in [6.45, 7) is 6.26. The summed E-state index contributed by atoms with van der Waals surface area (Å²) in [6.07, 6.45) is 6.73. The molecule has 1 aromatic heterocycles. The van der Waals surface area contributed by atoms with Crippen LogP contribution in [0.25, 0.3) is 5.57 Å². The largest absolute Gasteiger partial charge is 0.341 e. The Morgan fingerprint density at radius 3 is 2.79 bits per heavy atom. The third kappa shape index (κ3) is 4.17. The maximum Gasteiger partial charge on any atom is 0.210 e. The minimum absolute atomic E-state index is 0.326. The van der Waals surface area contributed by atoms with Gasteiger partial charge >= 0.3 is 0 Å². The lowest BCUT2D eigenvalue weighted by molar-refractivity contribution is 0.395. The smallest absolute Gasteiger partial charge is 0.210 e. The van der Waals surface area contributed by atoms with E-state index in [4.69, 9.17) is 10.7 Å². The molecule has 0 aliphatic carbocycles. The maximum absolute atomic E-state index is 6.91. The molecule has 0 bridgehead atoms. The third-order valence-corrected chi connectivity index (χ3v) is 6.35. The predicted molar refractivity (Wildman–Crippen MR) is 134 cm³/mol. The molecule has 1 unspecified atom stereocenters. The lowest BCUT2D eigenvalue weighted by atomic mass is 9.92. The van der Waals surface area contributed by atoms with Crippen molar-refractivity contribution in [1.82, 2.24) is 20.4 Å². The number of fused-ring (bicyclic) bond motifs is 1. The first-order valence-electron chi connectivity index (χ1n) is 11.5. The number of aromatic nitrogens is 2. The van der Waals surface area contributed by atoms with Gasteiger partial charge in [0.15, 0.2) is 0 Å². The molecule has 1 atom stereocenters. The summed E-state index contributed by atoms with van der Waals surface area (Å²) < 4.78 is 1.79. The van der Waals surface area contributed by atoms with E-state index in [9.17, 15) is 0 Å². The zero-order valence-electron chi connectivity index (χ0n) is 19.4. The molecule has 0 saturated carbocycles. The van der Waals surface area contributed by atoms with Crippen molar-refractivity contribution in [2.24, 2.45) is 17.8 Å². The van der Waals surface area contributed by atoms with Gasteiger partial charge in [0, 0.05) is 48.4 Å². The molecule has 33 heavy (non-hydrogen) atoms. The van der Waals surface area contributed by atoms with Crippen LogP contribution in [-0.4, -0.2) is 22.5 Å². The molecule has 0 spiro atoms. The van der Waals surface area contributed by atoms with Crippen LogP contribution in [0.4, 0.5) is 5.69 Å². The Hall–Kier alpha value is -3.42. The van der Waals surface area contributed by atoms with Gasteiger partial charge in [-0.25, -0.2) is 4.99 Å². The van der Waals surface area contributed by atoms with Crippen molar-refractivity contribution in [2.45, 2.75) is 38.5 Å². The number of hydrogen-bond donors (Lipinski definition) is 4. The highest BCUT2D eigenvalue weighted by molar-refractivity contribution is 6.12. The van der Waals surface area contributed by atoms with Crippen molar-refractivity contribution in [3.63, 3.8) is 0 Å². The van der Waals surface area contributed by atoms with E-state index in [1.54, 1.807) is 4.68 Å². The summed E-state index contributed by atoms with van der Waals surface area (Å²) in [4.78, 5) is 4.80. The van der Waals surface area contributed by atoms with Gasteiger partial charge in [-0.05, 0) is 47.7 Å². The lowest BCUT2D eigenvalue weighted by Gasteiger charge is -2.35. The van der Waals surface area contributed by atoms with Crippen LogP contribution in [0, 0.1) is 0 Å². The first kappa shape index (κ1) is 21.4. The molecule has 3 aromatic rings. The van der Waals surface area contributed by atoms with E-state index >= 15 is 0 Å². The monoisotopic (exact) mass is 441 g/mol. The minimum Gasteiger partial charge on any atom is -0.341 e. The van der Waals surface area contributed by atoms with E-state index in [0.29, 0.717) is 5.92 Å². The Morgan fingerprint density at radius 2 is 2.00 bits per heavy atom. The van der Waals surface area contributed by atoms with Gasteiger partial charge in [0.1, 0.15) is 5.82 Å². The Morgan fingerprint density at radius 1 is 1.15 bits per heavy atom. The molecule has 2 aliphatic heterocycles. The van der Waals surface area contributed by atoms with Gasteiger partial charge in [-0.1, -0.05) is 44.2 Å². The van der Waals surface area contributed by atoms with Crippen LogP contribution < -0.4 is 21.7 Å². The number of nitrogens with zero attached hydrogens (tertiary/aromatic N) is 3. The summed E-state index contributed by atoms with van der Waals surface area (Å²) in [5.41, 5.74) is 14.7. The highest BCUT2D eigenvalue weighted by atomic mass is 15.3. The van der Waals surface area contributed by atoms with E-state index in [-0.39, 0.29) is 0 Å². The van der Waals surface area contributed by atoms with Crippen molar-refractivity contribution < 1.29 is 0 Å². The fourth-order valence-corrected chi connectivity index (χ4v) is 4.59.